The molecule has 0 bridgehead atoms. The van der Waals surface area contributed by atoms with Gasteiger partial charge in [0.25, 0.3) is 0 Å². The van der Waals surface area contributed by atoms with Gasteiger partial charge in [-0.2, -0.15) is 0 Å². The van der Waals surface area contributed by atoms with Gasteiger partial charge >= 0.3 is 0 Å². The van der Waals surface area contributed by atoms with Gasteiger partial charge in [-0.15, -0.1) is 0 Å². The summed E-state index contributed by atoms with van der Waals surface area (Å²) >= 11 is 0. The molecule has 1 aliphatic carbocycles. The van der Waals surface area contributed by atoms with Gasteiger partial charge in [0.15, 0.2) is 0 Å². The minimum Gasteiger partial charge on any atom is -0.0629 e. The Hall–Kier alpha value is 0.0649. The molecule has 0 amide bonds. The third-order valence-corrected chi connectivity index (χ3v) is 4.39. The average molecular weight is 192 g/mol. The fraction of sp³-hybridized carbons (Fsp3) is 1.00. The minimum absolute atomic E-state index is 0.0974. The van der Waals surface area contributed by atoms with Gasteiger partial charge < -0.3 is 0 Å². The van der Waals surface area contributed by atoms with Crippen molar-refractivity contribution in [1.29, 1.82) is 0 Å². The molecule has 14 heavy (non-hydrogen) atoms. The SMILES string of the molecule is [B]C1(C(C)C)CCCC(C)CCC1C. The Kier molecular flexibility index (Phi) is 4.09. The quantitative estimate of drug-likeness (QED) is 0.546. The van der Waals surface area contributed by atoms with Crippen molar-refractivity contribution in [3.63, 3.8) is 0 Å². The van der Waals surface area contributed by atoms with E-state index in [0.717, 1.165) is 5.92 Å². The van der Waals surface area contributed by atoms with Crippen molar-refractivity contribution < 1.29 is 0 Å². The molecule has 0 aromatic heterocycles. The first-order chi connectivity index (χ1) is 6.47. The second-order valence-electron chi connectivity index (χ2n) is 5.74. The minimum atomic E-state index is 0.0974. The van der Waals surface area contributed by atoms with Crippen molar-refractivity contribution in [2.45, 2.75) is 65.1 Å². The molecule has 1 rings (SSSR count). The molecule has 80 valence electrons. The zero-order valence-corrected chi connectivity index (χ0v) is 10.3. The lowest BCUT2D eigenvalue weighted by Gasteiger charge is -2.42. The van der Waals surface area contributed by atoms with E-state index >= 15 is 0 Å². The van der Waals surface area contributed by atoms with Crippen molar-refractivity contribution in [2.24, 2.45) is 17.8 Å². The van der Waals surface area contributed by atoms with Crippen LogP contribution in [-0.4, -0.2) is 7.85 Å². The molecule has 0 nitrogen and oxygen atoms in total. The lowest BCUT2D eigenvalue weighted by molar-refractivity contribution is 0.217. The highest BCUT2D eigenvalue weighted by atomic mass is 14.4. The standard InChI is InChI=1S/C13H25B/c1-10(2)13(14)9-5-6-11(3)7-8-12(13)4/h10-12H,5-9H2,1-4H3. The lowest BCUT2D eigenvalue weighted by atomic mass is 9.51. The Balaban J connectivity index is 2.66. The average Bonchev–Trinajstić information content (AvgIpc) is 2.11. The van der Waals surface area contributed by atoms with E-state index in [9.17, 15) is 0 Å². The maximum atomic E-state index is 6.56. The summed E-state index contributed by atoms with van der Waals surface area (Å²) in [6, 6.07) is 0. The lowest BCUT2D eigenvalue weighted by Crippen LogP contribution is -2.29. The summed E-state index contributed by atoms with van der Waals surface area (Å²) in [4.78, 5) is 0. The van der Waals surface area contributed by atoms with Crippen LogP contribution in [-0.2, 0) is 0 Å². The fourth-order valence-corrected chi connectivity index (χ4v) is 2.81. The third-order valence-electron chi connectivity index (χ3n) is 4.39. The second kappa shape index (κ2) is 4.72. The van der Waals surface area contributed by atoms with E-state index in [-0.39, 0.29) is 5.31 Å². The highest BCUT2D eigenvalue weighted by Gasteiger charge is 2.34. The van der Waals surface area contributed by atoms with Crippen LogP contribution in [0.3, 0.4) is 0 Å². The Bertz CT molecular complexity index is 176. The van der Waals surface area contributed by atoms with Crippen LogP contribution in [0.2, 0.25) is 5.31 Å². The van der Waals surface area contributed by atoms with E-state index < -0.39 is 0 Å². The predicted molar refractivity (Wildman–Crippen MR) is 64.7 cm³/mol. The molecule has 0 saturated heterocycles. The Morgan fingerprint density at radius 2 is 1.79 bits per heavy atom. The topological polar surface area (TPSA) is 0 Å². The largest absolute Gasteiger partial charge is 0.0753 e. The van der Waals surface area contributed by atoms with Gasteiger partial charge in [-0.1, -0.05) is 65.1 Å². The van der Waals surface area contributed by atoms with Crippen LogP contribution < -0.4 is 0 Å². The predicted octanol–water partition coefficient (Wildman–Crippen LogP) is 4.21. The van der Waals surface area contributed by atoms with Gasteiger partial charge in [-0.05, 0) is 17.8 Å². The van der Waals surface area contributed by atoms with Crippen LogP contribution in [0, 0.1) is 17.8 Å². The summed E-state index contributed by atoms with van der Waals surface area (Å²) < 4.78 is 0. The van der Waals surface area contributed by atoms with E-state index in [1.165, 1.54) is 32.1 Å². The van der Waals surface area contributed by atoms with Crippen molar-refractivity contribution in [2.75, 3.05) is 0 Å². The highest BCUT2D eigenvalue weighted by molar-refractivity contribution is 6.15. The van der Waals surface area contributed by atoms with Gasteiger partial charge in [0.1, 0.15) is 0 Å². The van der Waals surface area contributed by atoms with E-state index in [4.69, 9.17) is 7.85 Å². The van der Waals surface area contributed by atoms with Crippen LogP contribution in [0.25, 0.3) is 0 Å². The molecule has 0 heterocycles. The van der Waals surface area contributed by atoms with Crippen molar-refractivity contribution in [1.82, 2.24) is 0 Å². The molecule has 1 saturated carbocycles. The van der Waals surface area contributed by atoms with Crippen molar-refractivity contribution in [3.05, 3.63) is 0 Å². The maximum absolute atomic E-state index is 6.56. The zero-order valence-electron chi connectivity index (χ0n) is 10.3. The Morgan fingerprint density at radius 3 is 2.36 bits per heavy atom. The van der Waals surface area contributed by atoms with Crippen molar-refractivity contribution >= 4 is 7.85 Å². The number of rotatable bonds is 1. The van der Waals surface area contributed by atoms with E-state index in [1.54, 1.807) is 0 Å². The van der Waals surface area contributed by atoms with Gasteiger partial charge in [0, 0.05) is 0 Å². The summed E-state index contributed by atoms with van der Waals surface area (Å²) in [5.74, 6) is 2.21. The maximum Gasteiger partial charge on any atom is 0.0753 e. The van der Waals surface area contributed by atoms with Gasteiger partial charge in [0.05, 0.1) is 7.85 Å². The summed E-state index contributed by atoms with van der Waals surface area (Å²) in [7, 11) is 6.56. The molecule has 3 unspecified atom stereocenters. The molecule has 1 fully saturated rings. The molecule has 3 atom stereocenters. The van der Waals surface area contributed by atoms with E-state index in [1.807, 2.05) is 0 Å². The molecular weight excluding hydrogens is 167 g/mol. The van der Waals surface area contributed by atoms with Crippen LogP contribution in [0.4, 0.5) is 0 Å². The molecule has 0 aliphatic heterocycles. The van der Waals surface area contributed by atoms with E-state index in [0.29, 0.717) is 11.8 Å². The van der Waals surface area contributed by atoms with E-state index in [2.05, 4.69) is 27.7 Å². The molecule has 2 radical (unpaired) electrons. The normalized spacial score (nSPS) is 40.6. The first-order valence-corrected chi connectivity index (χ1v) is 6.25. The van der Waals surface area contributed by atoms with Crippen molar-refractivity contribution in [3.8, 4) is 0 Å². The molecule has 0 aromatic rings. The van der Waals surface area contributed by atoms with Crippen LogP contribution in [0.1, 0.15) is 59.8 Å². The first-order valence-electron chi connectivity index (χ1n) is 6.25. The summed E-state index contributed by atoms with van der Waals surface area (Å²) in [6.45, 7) is 9.28. The van der Waals surface area contributed by atoms with Crippen LogP contribution >= 0.6 is 0 Å². The molecule has 0 spiro atoms. The molecule has 0 N–H and O–H groups in total. The smallest absolute Gasteiger partial charge is 0.0629 e. The number of hydrogen-bond acceptors (Lipinski definition) is 0. The Morgan fingerprint density at radius 1 is 1.14 bits per heavy atom. The van der Waals surface area contributed by atoms with Gasteiger partial charge in [0.2, 0.25) is 0 Å². The fourth-order valence-electron chi connectivity index (χ4n) is 2.81. The molecular formula is C13H25B. The summed E-state index contributed by atoms with van der Waals surface area (Å²) in [6.07, 6.45) is 6.59. The molecule has 1 aliphatic rings. The van der Waals surface area contributed by atoms with Gasteiger partial charge in [-0.25, -0.2) is 0 Å². The molecule has 1 heteroatoms. The second-order valence-corrected chi connectivity index (χ2v) is 5.74. The summed E-state index contributed by atoms with van der Waals surface area (Å²) in [5, 5.41) is 0.0974. The Labute approximate surface area is 91.3 Å². The zero-order chi connectivity index (χ0) is 10.8. The highest BCUT2D eigenvalue weighted by Crippen LogP contribution is 2.48. The molecule has 0 aromatic carbocycles. The summed E-state index contributed by atoms with van der Waals surface area (Å²) in [5.41, 5.74) is 0. The van der Waals surface area contributed by atoms with Crippen LogP contribution in [0.5, 0.6) is 0 Å². The number of hydrogen-bond donors (Lipinski definition) is 0. The van der Waals surface area contributed by atoms with Gasteiger partial charge in [-0.3, -0.25) is 0 Å². The third kappa shape index (κ3) is 2.55. The first kappa shape index (κ1) is 12.1. The van der Waals surface area contributed by atoms with Crippen LogP contribution in [0.15, 0.2) is 0 Å². The monoisotopic (exact) mass is 192 g/mol.